The van der Waals surface area contributed by atoms with Crippen molar-refractivity contribution in [1.82, 2.24) is 50.6 Å². The summed E-state index contributed by atoms with van der Waals surface area (Å²) in [6, 6.07) is 13.7. The van der Waals surface area contributed by atoms with Crippen molar-refractivity contribution in [2.24, 2.45) is 0 Å². The number of piperidine rings is 3. The van der Waals surface area contributed by atoms with Gasteiger partial charge in [0.25, 0.3) is 11.8 Å². The van der Waals surface area contributed by atoms with Gasteiger partial charge in [-0.3, -0.25) is 24.9 Å². The second-order valence-corrected chi connectivity index (χ2v) is 24.0. The number of halogens is 8. The second kappa shape index (κ2) is 32.2. The average molecular weight is 1280 g/mol. The Morgan fingerprint density at radius 1 is 0.565 bits per heavy atom. The molecule has 0 saturated carbocycles. The Bertz CT molecular complexity index is 3080. The first kappa shape index (κ1) is 68.2. The van der Waals surface area contributed by atoms with Crippen molar-refractivity contribution in [3.8, 4) is 0 Å². The number of H-pyrrole nitrogens is 3. The van der Waals surface area contributed by atoms with Gasteiger partial charge in [0.15, 0.2) is 11.4 Å². The third-order valence-electron chi connectivity index (χ3n) is 16.1. The van der Waals surface area contributed by atoms with Crippen molar-refractivity contribution >= 4 is 83.7 Å². The minimum atomic E-state index is -0.437. The van der Waals surface area contributed by atoms with E-state index >= 15 is 0 Å². The monoisotopic (exact) mass is 1270 g/mol. The van der Waals surface area contributed by atoms with Crippen LogP contribution in [0.2, 0.25) is 15.1 Å². The summed E-state index contributed by atoms with van der Waals surface area (Å²) in [7, 11) is 0. The van der Waals surface area contributed by atoms with Gasteiger partial charge in [-0.05, 0) is 213 Å². The molecule has 3 aromatic carbocycles. The van der Waals surface area contributed by atoms with Gasteiger partial charge in [-0.15, -0.1) is 24.8 Å². The fourth-order valence-corrected chi connectivity index (χ4v) is 12.5. The molecule has 0 unspecified atom stereocenters. The van der Waals surface area contributed by atoms with E-state index in [0.29, 0.717) is 71.6 Å². The lowest BCUT2D eigenvalue weighted by Gasteiger charge is -2.32. The van der Waals surface area contributed by atoms with E-state index in [9.17, 15) is 27.6 Å². The molecule has 7 heterocycles. The van der Waals surface area contributed by atoms with Crippen LogP contribution in [0.4, 0.5) is 18.0 Å². The van der Waals surface area contributed by atoms with E-state index in [2.05, 4.69) is 35.9 Å². The number of aromatic amines is 3. The number of carbonyl (C=O) groups excluding carboxylic acids is 5. The topological polar surface area (TPSA) is 202 Å². The number of likely N-dealkylation sites (tertiary alicyclic amines) is 2. The maximum Gasteiger partial charge on any atom is 0.410 e. The van der Waals surface area contributed by atoms with Crippen LogP contribution in [0.15, 0.2) is 60.8 Å². The van der Waals surface area contributed by atoms with E-state index in [4.69, 9.17) is 49.1 Å². The predicted octanol–water partition coefficient (Wildman–Crippen LogP) is 13.1. The summed E-state index contributed by atoms with van der Waals surface area (Å²) < 4.78 is 45.4. The number of carbonyl (C=O) groups is 3. The van der Waals surface area contributed by atoms with Crippen LogP contribution in [0.1, 0.15) is 174 Å². The molecule has 0 radical (unpaired) electrons. The molecule has 6 aromatic rings. The van der Waals surface area contributed by atoms with Crippen molar-refractivity contribution in [2.45, 2.75) is 147 Å². The van der Waals surface area contributed by atoms with Gasteiger partial charge in [0, 0.05) is 88.0 Å². The molecule has 0 spiro atoms. The molecular formula is C61H74Cl5F3N10O6. The SMILES string of the molecule is CC(C)(C)OC(=O)N1CCc2[nH]ncc2C1.Cl.Cl.Fc1ccc(Cl)c(C2CCNCC2)c1.O=C(c1n[nH]c2c1CCCC2)N1CCC(c2cc(F)ccc2Cl)CC1.O=C(c1n[nH]c2c1CCCC2)N1CCC(c2cc(F)ccc2Cl)CC1.O=C=O. The first-order chi connectivity index (χ1) is 39.9. The van der Waals surface area contributed by atoms with Gasteiger partial charge in [0.05, 0.1) is 12.7 Å². The molecule has 85 heavy (non-hydrogen) atoms. The number of benzene rings is 3. The summed E-state index contributed by atoms with van der Waals surface area (Å²) in [5, 5.41) is 26.7. The highest BCUT2D eigenvalue weighted by atomic mass is 35.5. The van der Waals surface area contributed by atoms with E-state index in [1.54, 1.807) is 35.4 Å². The van der Waals surface area contributed by atoms with Crippen LogP contribution in [0, 0.1) is 17.5 Å². The Morgan fingerprint density at radius 2 is 0.965 bits per heavy atom. The molecular weight excluding hydrogens is 1200 g/mol. The molecule has 6 aliphatic rings. The zero-order valence-corrected chi connectivity index (χ0v) is 51.9. The maximum atomic E-state index is 13.5. The minimum absolute atomic E-state index is 0. The Kier molecular flexibility index (Phi) is 25.8. The number of aryl methyl sites for hydroxylation is 2. The summed E-state index contributed by atoms with van der Waals surface area (Å²) in [6.07, 6.45) is 16.2. The number of amides is 3. The number of nitrogens with one attached hydrogen (secondary N) is 4. The van der Waals surface area contributed by atoms with Crippen LogP contribution >= 0.6 is 59.6 Å². The van der Waals surface area contributed by atoms with Crippen LogP contribution < -0.4 is 5.32 Å². The molecule has 16 nitrogen and oxygen atoms in total. The number of hydrogen-bond donors (Lipinski definition) is 4. The van der Waals surface area contributed by atoms with Crippen molar-refractivity contribution in [3.63, 3.8) is 0 Å². The van der Waals surface area contributed by atoms with Crippen molar-refractivity contribution in [1.29, 1.82) is 0 Å². The molecule has 3 saturated heterocycles. The lowest BCUT2D eigenvalue weighted by molar-refractivity contribution is -0.191. The molecule has 2 aliphatic carbocycles. The minimum Gasteiger partial charge on any atom is -0.444 e. The molecule has 0 bridgehead atoms. The number of hydrogen-bond acceptors (Lipinski definition) is 10. The molecule has 12 rings (SSSR count). The summed E-state index contributed by atoms with van der Waals surface area (Å²) in [6.45, 7) is 11.5. The normalized spacial score (nSPS) is 16.8. The fraction of sp³-hybridized carbons (Fsp3) is 0.492. The van der Waals surface area contributed by atoms with Crippen LogP contribution in [0.3, 0.4) is 0 Å². The highest BCUT2D eigenvalue weighted by Crippen LogP contribution is 2.37. The molecule has 3 fully saturated rings. The highest BCUT2D eigenvalue weighted by molar-refractivity contribution is 6.32. The van der Waals surface area contributed by atoms with Crippen molar-refractivity contribution < 1.29 is 41.9 Å². The first-order valence-electron chi connectivity index (χ1n) is 28.7. The molecule has 460 valence electrons. The predicted molar refractivity (Wildman–Crippen MR) is 324 cm³/mol. The number of aromatic nitrogens is 6. The lowest BCUT2D eigenvalue weighted by atomic mass is 9.89. The second-order valence-electron chi connectivity index (χ2n) is 22.7. The number of rotatable bonds is 5. The summed E-state index contributed by atoms with van der Waals surface area (Å²) in [5.74, 6) is 0.122. The van der Waals surface area contributed by atoms with Gasteiger partial charge in [0.1, 0.15) is 23.1 Å². The summed E-state index contributed by atoms with van der Waals surface area (Å²) in [4.78, 5) is 59.2. The van der Waals surface area contributed by atoms with Crippen molar-refractivity contribution in [3.05, 3.63) is 155 Å². The number of ether oxygens (including phenoxy) is 1. The summed E-state index contributed by atoms with van der Waals surface area (Å²) >= 11 is 18.5. The summed E-state index contributed by atoms with van der Waals surface area (Å²) in [5.41, 5.74) is 10.1. The van der Waals surface area contributed by atoms with E-state index in [1.165, 1.54) is 30.3 Å². The van der Waals surface area contributed by atoms with E-state index in [1.807, 2.05) is 30.6 Å². The zero-order valence-electron chi connectivity index (χ0n) is 48.0. The Balaban J connectivity index is 0.000000182. The zero-order chi connectivity index (χ0) is 59.2. The first-order valence-corrected chi connectivity index (χ1v) is 29.8. The lowest BCUT2D eigenvalue weighted by Crippen LogP contribution is -2.39. The smallest absolute Gasteiger partial charge is 0.410 e. The van der Waals surface area contributed by atoms with Crippen LogP contribution in [0.25, 0.3) is 0 Å². The average Bonchev–Trinajstić information content (AvgIpc) is 3.51. The highest BCUT2D eigenvalue weighted by Gasteiger charge is 2.33. The fourth-order valence-electron chi connectivity index (χ4n) is 11.7. The molecule has 4 N–H and O–H groups in total. The van der Waals surface area contributed by atoms with E-state index in [-0.39, 0.29) is 78.2 Å². The van der Waals surface area contributed by atoms with E-state index in [0.717, 1.165) is 160 Å². The molecule has 3 amide bonds. The van der Waals surface area contributed by atoms with Gasteiger partial charge in [-0.1, -0.05) is 34.8 Å². The Labute approximate surface area is 521 Å². The van der Waals surface area contributed by atoms with Crippen LogP contribution in [-0.4, -0.2) is 121 Å². The number of nitrogens with zero attached hydrogens (tertiary/aromatic N) is 6. The largest absolute Gasteiger partial charge is 0.444 e. The van der Waals surface area contributed by atoms with Gasteiger partial charge in [0.2, 0.25) is 0 Å². The molecule has 4 aliphatic heterocycles. The molecule has 3 aromatic heterocycles. The van der Waals surface area contributed by atoms with Gasteiger partial charge in [-0.25, -0.2) is 18.0 Å². The van der Waals surface area contributed by atoms with E-state index < -0.39 is 5.60 Å². The van der Waals surface area contributed by atoms with Crippen molar-refractivity contribution in [2.75, 3.05) is 45.8 Å². The van der Waals surface area contributed by atoms with Crippen LogP contribution in [0.5, 0.6) is 0 Å². The molecule has 0 atom stereocenters. The Morgan fingerprint density at radius 3 is 1.38 bits per heavy atom. The number of fused-ring (bicyclic) bond motifs is 3. The quantitative estimate of drug-likeness (QED) is 0.129. The molecule has 24 heteroatoms. The standard InChI is InChI=1S/2C19H21ClFN3O.C11H13ClFN.C11H17N3O2.CO2.2ClH/c2*20-16-6-5-13(21)11-15(16)12-7-9-24(10-8-12)19(25)18-14-3-1-2-4-17(14)22-23-18;12-11-2-1-9(13)7-10(11)8-3-5-14-6-4-8;1-11(2,3)16-10(15)14-5-4-9-8(7-14)6-12-13-9;2-1-3;;/h2*5-6,11-12H,1-4,7-10H2,(H,22,23);1-2,7-8,14H,3-6H2;6H,4-5,7H2,1-3H3,(H,12,13);;2*1H. The third kappa shape index (κ3) is 18.3. The third-order valence-corrected chi connectivity index (χ3v) is 17.1. The van der Waals surface area contributed by atoms with Crippen LogP contribution in [-0.2, 0) is 53.0 Å². The maximum absolute atomic E-state index is 13.5. The Hall–Kier alpha value is -5.92. The van der Waals surface area contributed by atoms with Gasteiger partial charge < -0.3 is 24.8 Å². The van der Waals surface area contributed by atoms with Gasteiger partial charge >= 0.3 is 12.2 Å². The van der Waals surface area contributed by atoms with Gasteiger partial charge in [-0.2, -0.15) is 24.9 Å².